The molecule has 1 N–H and O–H groups in total. The van der Waals surface area contributed by atoms with E-state index in [2.05, 4.69) is 4.98 Å². The van der Waals surface area contributed by atoms with Crippen molar-refractivity contribution < 1.29 is 18.0 Å². The van der Waals surface area contributed by atoms with Gasteiger partial charge in [0, 0.05) is 6.20 Å². The molecule has 0 aliphatic heterocycles. The van der Waals surface area contributed by atoms with Crippen LogP contribution >= 0.6 is 0 Å². The van der Waals surface area contributed by atoms with Gasteiger partial charge in [-0.1, -0.05) is 19.9 Å². The summed E-state index contributed by atoms with van der Waals surface area (Å²) in [5.41, 5.74) is 0.801. The van der Waals surface area contributed by atoms with E-state index in [-0.39, 0.29) is 5.82 Å². The summed E-state index contributed by atoms with van der Waals surface area (Å²) in [5, 5.41) is 1.63. The number of alkyl halides is 3. The van der Waals surface area contributed by atoms with Gasteiger partial charge in [-0.3, -0.25) is 4.79 Å². The van der Waals surface area contributed by atoms with Crippen LogP contribution in [-0.2, 0) is 4.79 Å². The average Bonchev–Trinajstić information content (AvgIpc) is 2.23. The van der Waals surface area contributed by atoms with Crippen molar-refractivity contribution in [3.05, 3.63) is 23.9 Å². The van der Waals surface area contributed by atoms with Crippen LogP contribution in [0.1, 0.15) is 19.4 Å². The number of amides is 1. The standard InChI is InChI=1S/C8H7F3N2O.C2H6/c1-5-2-3-6(12-4-5)13-7(14)8(9,10)11;1-2/h2-4H,1H3,(H,12,13,14);1-2H3. The second-order valence-electron chi connectivity index (χ2n) is 2.67. The monoisotopic (exact) mass is 234 g/mol. The Morgan fingerprint density at radius 2 is 1.88 bits per heavy atom. The van der Waals surface area contributed by atoms with E-state index in [1.54, 1.807) is 18.3 Å². The summed E-state index contributed by atoms with van der Waals surface area (Å²) < 4.78 is 35.3. The third kappa shape index (κ3) is 4.77. The van der Waals surface area contributed by atoms with Gasteiger partial charge >= 0.3 is 12.1 Å². The van der Waals surface area contributed by atoms with E-state index in [9.17, 15) is 18.0 Å². The number of hydrogen-bond acceptors (Lipinski definition) is 2. The quantitative estimate of drug-likeness (QED) is 0.811. The van der Waals surface area contributed by atoms with Gasteiger partial charge in [-0.25, -0.2) is 4.98 Å². The normalized spacial score (nSPS) is 10.1. The van der Waals surface area contributed by atoms with Gasteiger partial charge in [-0.2, -0.15) is 13.2 Å². The Hall–Kier alpha value is -1.59. The van der Waals surface area contributed by atoms with E-state index < -0.39 is 12.1 Å². The van der Waals surface area contributed by atoms with Gasteiger partial charge in [0.15, 0.2) is 0 Å². The molecule has 0 fully saturated rings. The van der Waals surface area contributed by atoms with E-state index >= 15 is 0 Å². The van der Waals surface area contributed by atoms with Gasteiger partial charge in [0.05, 0.1) is 0 Å². The predicted octanol–water partition coefficient (Wildman–Crippen LogP) is 2.92. The van der Waals surface area contributed by atoms with E-state index in [1.807, 2.05) is 13.8 Å². The zero-order chi connectivity index (χ0) is 12.8. The fourth-order valence-corrected chi connectivity index (χ4v) is 0.729. The number of nitrogens with zero attached hydrogens (tertiary/aromatic N) is 1. The number of aryl methyl sites for hydroxylation is 1. The van der Waals surface area contributed by atoms with Crippen LogP contribution in [0.15, 0.2) is 18.3 Å². The van der Waals surface area contributed by atoms with Crippen molar-refractivity contribution >= 4 is 11.7 Å². The lowest BCUT2D eigenvalue weighted by atomic mass is 10.3. The third-order valence-corrected chi connectivity index (χ3v) is 1.41. The predicted molar refractivity (Wildman–Crippen MR) is 55.0 cm³/mol. The Kier molecular flexibility index (Phi) is 5.49. The van der Waals surface area contributed by atoms with Crippen LogP contribution in [0.2, 0.25) is 0 Å². The molecule has 1 aromatic rings. The first-order valence-electron chi connectivity index (χ1n) is 4.70. The van der Waals surface area contributed by atoms with Crippen LogP contribution in [-0.4, -0.2) is 17.1 Å². The summed E-state index contributed by atoms with van der Waals surface area (Å²) in [4.78, 5) is 14.0. The highest BCUT2D eigenvalue weighted by Crippen LogP contribution is 2.17. The highest BCUT2D eigenvalue weighted by molar-refractivity contribution is 5.94. The first-order chi connectivity index (χ1) is 7.39. The van der Waals surface area contributed by atoms with Crippen molar-refractivity contribution in [1.82, 2.24) is 4.98 Å². The zero-order valence-electron chi connectivity index (χ0n) is 9.22. The molecule has 0 bridgehead atoms. The lowest BCUT2D eigenvalue weighted by Crippen LogP contribution is -2.30. The van der Waals surface area contributed by atoms with Gasteiger partial charge < -0.3 is 5.32 Å². The van der Waals surface area contributed by atoms with Crippen LogP contribution in [0, 0.1) is 6.92 Å². The van der Waals surface area contributed by atoms with E-state index in [4.69, 9.17) is 0 Å². The molecule has 0 aliphatic carbocycles. The highest BCUT2D eigenvalue weighted by atomic mass is 19.4. The Bertz CT molecular complexity index is 333. The van der Waals surface area contributed by atoms with Crippen molar-refractivity contribution in [1.29, 1.82) is 0 Å². The minimum atomic E-state index is -4.88. The number of hydrogen-bond donors (Lipinski definition) is 1. The second-order valence-corrected chi connectivity index (χ2v) is 2.67. The molecule has 0 saturated carbocycles. The molecule has 16 heavy (non-hydrogen) atoms. The molecule has 0 spiro atoms. The lowest BCUT2D eigenvalue weighted by Gasteiger charge is -2.06. The summed E-state index contributed by atoms with van der Waals surface area (Å²) in [6.07, 6.45) is -3.52. The molecule has 1 rings (SSSR count). The largest absolute Gasteiger partial charge is 0.471 e. The van der Waals surface area contributed by atoms with Gasteiger partial charge in [0.25, 0.3) is 0 Å². The number of pyridine rings is 1. The van der Waals surface area contributed by atoms with Gasteiger partial charge in [0.2, 0.25) is 0 Å². The van der Waals surface area contributed by atoms with Crippen molar-refractivity contribution in [3.63, 3.8) is 0 Å². The van der Waals surface area contributed by atoms with E-state index in [0.29, 0.717) is 0 Å². The molecule has 90 valence electrons. The first-order valence-corrected chi connectivity index (χ1v) is 4.70. The summed E-state index contributed by atoms with van der Waals surface area (Å²) in [5.74, 6) is -2.13. The Morgan fingerprint density at radius 3 is 2.25 bits per heavy atom. The van der Waals surface area contributed by atoms with Gasteiger partial charge in [-0.15, -0.1) is 0 Å². The number of rotatable bonds is 1. The van der Waals surface area contributed by atoms with Crippen molar-refractivity contribution in [3.8, 4) is 0 Å². The maximum Gasteiger partial charge on any atom is 0.471 e. The fraction of sp³-hybridized carbons (Fsp3) is 0.400. The SMILES string of the molecule is CC.Cc1ccc(NC(=O)C(F)(F)F)nc1. The van der Waals surface area contributed by atoms with Crippen molar-refractivity contribution in [2.45, 2.75) is 26.9 Å². The minimum absolute atomic E-state index is 0.113. The molecule has 3 nitrogen and oxygen atoms in total. The molecular weight excluding hydrogens is 221 g/mol. The van der Waals surface area contributed by atoms with Crippen LogP contribution < -0.4 is 5.32 Å². The van der Waals surface area contributed by atoms with Crippen LogP contribution in [0.25, 0.3) is 0 Å². The molecule has 0 aromatic carbocycles. The second kappa shape index (κ2) is 6.09. The summed E-state index contributed by atoms with van der Waals surface area (Å²) in [6, 6.07) is 2.86. The molecule has 1 aromatic heterocycles. The molecule has 1 heterocycles. The first kappa shape index (κ1) is 14.4. The fourth-order valence-electron chi connectivity index (χ4n) is 0.729. The smallest absolute Gasteiger partial charge is 0.303 e. The maximum atomic E-state index is 11.8. The molecule has 0 radical (unpaired) electrons. The number of anilines is 1. The maximum absolute atomic E-state index is 11.8. The molecule has 0 unspecified atom stereocenters. The van der Waals surface area contributed by atoms with Crippen LogP contribution in [0.4, 0.5) is 19.0 Å². The van der Waals surface area contributed by atoms with Crippen molar-refractivity contribution in [2.24, 2.45) is 0 Å². The van der Waals surface area contributed by atoms with E-state index in [1.165, 1.54) is 12.3 Å². The number of halogens is 3. The minimum Gasteiger partial charge on any atom is -0.303 e. The summed E-state index contributed by atoms with van der Waals surface area (Å²) in [7, 11) is 0. The zero-order valence-corrected chi connectivity index (χ0v) is 9.22. The van der Waals surface area contributed by atoms with E-state index in [0.717, 1.165) is 5.56 Å². The highest BCUT2D eigenvalue weighted by Gasteiger charge is 2.38. The Labute approximate surface area is 91.7 Å². The molecule has 0 atom stereocenters. The molecule has 6 heteroatoms. The molecule has 0 aliphatic rings. The third-order valence-electron chi connectivity index (χ3n) is 1.41. The number of nitrogens with one attached hydrogen (secondary N) is 1. The Morgan fingerprint density at radius 1 is 1.31 bits per heavy atom. The van der Waals surface area contributed by atoms with Gasteiger partial charge in [0.1, 0.15) is 5.82 Å². The lowest BCUT2D eigenvalue weighted by molar-refractivity contribution is -0.167. The summed E-state index contributed by atoms with van der Waals surface area (Å²) >= 11 is 0. The topological polar surface area (TPSA) is 42.0 Å². The number of carbonyl (C=O) groups is 1. The molecule has 1 amide bonds. The Balaban J connectivity index is 0.00000106. The number of carbonyl (C=O) groups excluding carboxylic acids is 1. The van der Waals surface area contributed by atoms with Gasteiger partial charge in [-0.05, 0) is 18.6 Å². The molecular formula is C10H13F3N2O. The molecule has 0 saturated heterocycles. The van der Waals surface area contributed by atoms with Crippen molar-refractivity contribution in [2.75, 3.05) is 5.32 Å². The van der Waals surface area contributed by atoms with Crippen LogP contribution in [0.3, 0.4) is 0 Å². The summed E-state index contributed by atoms with van der Waals surface area (Å²) in [6.45, 7) is 5.74. The average molecular weight is 234 g/mol. The van der Waals surface area contributed by atoms with Crippen LogP contribution in [0.5, 0.6) is 0 Å². The number of aromatic nitrogens is 1.